The van der Waals surface area contributed by atoms with E-state index in [1.54, 1.807) is 32.0 Å². The lowest BCUT2D eigenvalue weighted by molar-refractivity contribution is -0.120. The zero-order valence-corrected chi connectivity index (χ0v) is 18.7. The summed E-state index contributed by atoms with van der Waals surface area (Å²) >= 11 is 6.27. The van der Waals surface area contributed by atoms with E-state index in [-0.39, 0.29) is 21.4 Å². The normalized spacial score (nSPS) is 11.8. The van der Waals surface area contributed by atoms with Crippen LogP contribution in [0.2, 0.25) is 5.02 Å². The summed E-state index contributed by atoms with van der Waals surface area (Å²) in [5, 5.41) is 2.69. The Morgan fingerprint density at radius 1 is 1.13 bits per heavy atom. The smallest absolute Gasteiger partial charge is 0.263 e. The molecule has 1 amide bonds. The summed E-state index contributed by atoms with van der Waals surface area (Å²) in [5.41, 5.74) is 6.65. The maximum atomic E-state index is 13.0. The van der Waals surface area contributed by atoms with Gasteiger partial charge in [0.1, 0.15) is 10.6 Å². The predicted octanol–water partition coefficient (Wildman–Crippen LogP) is 4.09. The highest BCUT2D eigenvalue weighted by Crippen LogP contribution is 2.33. The van der Waals surface area contributed by atoms with Gasteiger partial charge in [-0.25, -0.2) is 8.42 Å². The lowest BCUT2D eigenvalue weighted by Gasteiger charge is -2.19. The summed E-state index contributed by atoms with van der Waals surface area (Å²) < 4.78 is 38.8. The Labute approximate surface area is 185 Å². The Morgan fingerprint density at radius 3 is 2.45 bits per heavy atom. The fourth-order valence-electron chi connectivity index (χ4n) is 2.68. The Kier molecular flexibility index (Phi) is 6.30. The van der Waals surface area contributed by atoms with Crippen LogP contribution in [0.5, 0.6) is 5.75 Å². The second-order valence-corrected chi connectivity index (χ2v) is 9.41. The van der Waals surface area contributed by atoms with E-state index in [4.69, 9.17) is 26.5 Å². The van der Waals surface area contributed by atoms with E-state index >= 15 is 0 Å². The quantitative estimate of drug-likeness (QED) is 0.485. The first kappa shape index (κ1) is 22.7. The van der Waals surface area contributed by atoms with Gasteiger partial charge in [0.05, 0.1) is 35.9 Å². The highest BCUT2D eigenvalue weighted by Gasteiger charge is 2.24. The second kappa shape index (κ2) is 8.62. The first-order valence-corrected chi connectivity index (χ1v) is 11.0. The molecule has 10 heteroatoms. The minimum atomic E-state index is -4.06. The van der Waals surface area contributed by atoms with Crippen molar-refractivity contribution in [1.29, 1.82) is 0 Å². The van der Waals surface area contributed by atoms with E-state index in [0.29, 0.717) is 11.3 Å². The van der Waals surface area contributed by atoms with Crippen LogP contribution < -0.4 is 20.5 Å². The van der Waals surface area contributed by atoms with Crippen LogP contribution in [-0.4, -0.2) is 27.0 Å². The average molecular weight is 464 g/mol. The number of anilines is 2. The van der Waals surface area contributed by atoms with Crippen LogP contribution in [0, 0.1) is 0 Å². The van der Waals surface area contributed by atoms with Crippen LogP contribution in [-0.2, 0) is 14.8 Å². The highest BCUT2D eigenvalue weighted by atomic mass is 35.5. The van der Waals surface area contributed by atoms with Crippen molar-refractivity contribution >= 4 is 38.9 Å². The molecule has 0 radical (unpaired) electrons. The van der Waals surface area contributed by atoms with Gasteiger partial charge >= 0.3 is 0 Å². The van der Waals surface area contributed by atoms with Gasteiger partial charge in [-0.05, 0) is 55.8 Å². The van der Waals surface area contributed by atoms with Crippen molar-refractivity contribution < 1.29 is 22.4 Å². The minimum Gasteiger partial charge on any atom is -0.495 e. The zero-order valence-electron chi connectivity index (χ0n) is 17.1. The summed E-state index contributed by atoms with van der Waals surface area (Å²) in [6, 6.07) is 10.9. The molecule has 3 aromatic rings. The van der Waals surface area contributed by atoms with Crippen LogP contribution >= 0.6 is 11.6 Å². The molecule has 164 valence electrons. The molecule has 0 unspecified atom stereocenters. The molecule has 0 aliphatic heterocycles. The second-order valence-electron chi connectivity index (χ2n) is 7.35. The summed E-state index contributed by atoms with van der Waals surface area (Å²) in [5.74, 6) is -0.163. The number of halogens is 1. The maximum Gasteiger partial charge on any atom is 0.263 e. The molecule has 1 heterocycles. The Balaban J connectivity index is 1.91. The average Bonchev–Trinajstić information content (AvgIpc) is 3.21. The first-order valence-electron chi connectivity index (χ1n) is 9.14. The number of ether oxygens (including phenoxy) is 1. The van der Waals surface area contributed by atoms with Gasteiger partial charge in [-0.15, -0.1) is 0 Å². The van der Waals surface area contributed by atoms with Crippen LogP contribution in [0.1, 0.15) is 13.8 Å². The fraction of sp³-hybridized carbons (Fsp3) is 0.190. The number of furan rings is 1. The molecule has 8 nitrogen and oxygen atoms in total. The minimum absolute atomic E-state index is 0.0412. The summed E-state index contributed by atoms with van der Waals surface area (Å²) in [7, 11) is -2.65. The van der Waals surface area contributed by atoms with Crippen LogP contribution in [0.3, 0.4) is 0 Å². The first-order chi connectivity index (χ1) is 14.5. The molecule has 0 saturated carbocycles. The monoisotopic (exact) mass is 463 g/mol. The van der Waals surface area contributed by atoms with Gasteiger partial charge in [-0.3, -0.25) is 9.52 Å². The third kappa shape index (κ3) is 5.19. The Bertz CT molecular complexity index is 1200. The molecule has 31 heavy (non-hydrogen) atoms. The highest BCUT2D eigenvalue weighted by molar-refractivity contribution is 7.92. The number of nitrogens with two attached hydrogens (primary N) is 1. The van der Waals surface area contributed by atoms with E-state index in [9.17, 15) is 13.2 Å². The van der Waals surface area contributed by atoms with E-state index in [0.717, 1.165) is 5.56 Å². The molecule has 0 atom stereocenters. The van der Waals surface area contributed by atoms with Gasteiger partial charge in [-0.2, -0.15) is 0 Å². The largest absolute Gasteiger partial charge is 0.495 e. The van der Waals surface area contributed by atoms with Crippen molar-refractivity contribution in [1.82, 2.24) is 0 Å². The van der Waals surface area contributed by atoms with Gasteiger partial charge in [0.15, 0.2) is 0 Å². The summed E-state index contributed by atoms with van der Waals surface area (Å²) in [6.07, 6.45) is 3.05. The third-order valence-electron chi connectivity index (χ3n) is 4.36. The van der Waals surface area contributed by atoms with Gasteiger partial charge in [0.2, 0.25) is 5.91 Å². The van der Waals surface area contributed by atoms with Crippen molar-refractivity contribution in [3.8, 4) is 16.9 Å². The molecule has 4 N–H and O–H groups in total. The van der Waals surface area contributed by atoms with Gasteiger partial charge in [-0.1, -0.05) is 17.7 Å². The lowest BCUT2D eigenvalue weighted by atomic mass is 10.1. The number of methoxy groups -OCH3 is 1. The van der Waals surface area contributed by atoms with Crippen molar-refractivity contribution in [2.45, 2.75) is 24.3 Å². The lowest BCUT2D eigenvalue weighted by Crippen LogP contribution is -2.45. The van der Waals surface area contributed by atoms with Gasteiger partial charge < -0.3 is 20.2 Å². The predicted molar refractivity (Wildman–Crippen MR) is 120 cm³/mol. The van der Waals surface area contributed by atoms with Crippen molar-refractivity contribution in [3.63, 3.8) is 0 Å². The van der Waals surface area contributed by atoms with Crippen LogP contribution in [0.25, 0.3) is 11.1 Å². The third-order valence-corrected chi connectivity index (χ3v) is 6.21. The number of sulfonamides is 1. The van der Waals surface area contributed by atoms with E-state index in [1.807, 2.05) is 0 Å². The van der Waals surface area contributed by atoms with Crippen molar-refractivity contribution in [2.24, 2.45) is 5.73 Å². The van der Waals surface area contributed by atoms with E-state index < -0.39 is 21.5 Å². The van der Waals surface area contributed by atoms with E-state index in [2.05, 4.69) is 10.0 Å². The number of hydrogen-bond acceptors (Lipinski definition) is 6. The Hall–Kier alpha value is -3.01. The SMILES string of the molecule is COc1ccc(NC(=O)C(C)(C)N)cc1NS(=O)(=O)c1ccc(-c2ccoc2)cc1Cl. The number of benzene rings is 2. The topological polar surface area (TPSA) is 124 Å². The van der Waals surface area contributed by atoms with Crippen molar-refractivity contribution in [3.05, 3.63) is 60.0 Å². The van der Waals surface area contributed by atoms with Gasteiger partial charge in [0, 0.05) is 11.3 Å². The number of hydrogen-bond donors (Lipinski definition) is 3. The molecule has 0 aliphatic carbocycles. The molecule has 0 bridgehead atoms. The molecular formula is C21H22ClN3O5S. The van der Waals surface area contributed by atoms with Crippen molar-refractivity contribution in [2.75, 3.05) is 17.1 Å². The molecule has 0 aliphatic rings. The maximum absolute atomic E-state index is 13.0. The standard InChI is InChI=1S/C21H22ClN3O5S/c1-21(2,23)20(26)24-15-5-6-18(29-3)17(11-15)25-31(27,28)19-7-4-13(10-16(19)22)14-8-9-30-12-14/h4-12,25H,23H2,1-3H3,(H,24,26). The van der Waals surface area contributed by atoms with Crippen LogP contribution in [0.4, 0.5) is 11.4 Å². The van der Waals surface area contributed by atoms with Gasteiger partial charge in [0.25, 0.3) is 10.0 Å². The Morgan fingerprint density at radius 2 is 1.87 bits per heavy atom. The van der Waals surface area contributed by atoms with E-state index in [1.165, 1.54) is 43.9 Å². The number of carbonyl (C=O) groups is 1. The zero-order chi connectivity index (χ0) is 22.8. The summed E-state index contributed by atoms with van der Waals surface area (Å²) in [6.45, 7) is 3.12. The number of carbonyl (C=O) groups excluding carboxylic acids is 1. The molecule has 0 spiro atoms. The van der Waals surface area contributed by atoms with Crippen LogP contribution in [0.15, 0.2) is 64.3 Å². The molecule has 0 fully saturated rings. The number of rotatable bonds is 7. The molecule has 0 saturated heterocycles. The summed E-state index contributed by atoms with van der Waals surface area (Å²) in [4.78, 5) is 12.0. The fourth-order valence-corrected chi connectivity index (χ4v) is 4.29. The number of nitrogens with one attached hydrogen (secondary N) is 2. The molecule has 2 aromatic carbocycles. The number of amides is 1. The molecule has 3 rings (SSSR count). The molecule has 1 aromatic heterocycles. The molecular weight excluding hydrogens is 442 g/mol.